The normalized spacial score (nSPS) is 15.5. The van der Waals surface area contributed by atoms with Gasteiger partial charge in [-0.05, 0) is 45.0 Å². The summed E-state index contributed by atoms with van der Waals surface area (Å²) in [5.74, 6) is 0.530. The van der Waals surface area contributed by atoms with Crippen LogP contribution in [0.3, 0.4) is 0 Å². The van der Waals surface area contributed by atoms with E-state index in [-0.39, 0.29) is 5.82 Å². The van der Waals surface area contributed by atoms with Gasteiger partial charge in [-0.25, -0.2) is 4.39 Å². The minimum atomic E-state index is -0.434. The number of hydrogen-bond donors (Lipinski definition) is 0. The second-order valence-corrected chi connectivity index (χ2v) is 7.34. The molecule has 0 bridgehead atoms. The molecule has 2 heterocycles. The van der Waals surface area contributed by atoms with Crippen molar-refractivity contribution in [2.45, 2.75) is 26.4 Å². The fourth-order valence-corrected chi connectivity index (χ4v) is 3.68. The lowest BCUT2D eigenvalue weighted by atomic mass is 9.93. The first-order valence-corrected chi connectivity index (χ1v) is 8.90. The molecule has 0 N–H and O–H groups in total. The molecule has 27 heavy (non-hydrogen) atoms. The quantitative estimate of drug-likeness (QED) is 0.661. The van der Waals surface area contributed by atoms with Crippen molar-refractivity contribution in [3.05, 3.63) is 65.1 Å². The first-order valence-electron chi connectivity index (χ1n) is 8.90. The number of ether oxygens (including phenoxy) is 1. The van der Waals surface area contributed by atoms with Gasteiger partial charge < -0.3 is 9.64 Å². The number of anilines is 1. The van der Waals surface area contributed by atoms with Gasteiger partial charge in [0.25, 0.3) is 0 Å². The molecule has 138 valence electrons. The predicted octanol–water partition coefficient (Wildman–Crippen LogP) is 4.71. The molecule has 0 spiro atoms. The van der Waals surface area contributed by atoms with Gasteiger partial charge in [0.05, 0.1) is 18.5 Å². The first kappa shape index (κ1) is 17.5. The molecule has 0 fully saturated rings. The number of para-hydroxylation sites is 1. The number of nitrogens with zero attached hydrogens (tertiary/aromatic N) is 3. The van der Waals surface area contributed by atoms with E-state index in [1.165, 1.54) is 6.07 Å². The third-order valence-corrected chi connectivity index (χ3v) is 5.33. The van der Waals surface area contributed by atoms with Gasteiger partial charge >= 0.3 is 0 Å². The predicted molar refractivity (Wildman–Crippen MR) is 108 cm³/mol. The maximum absolute atomic E-state index is 14.0. The Hall–Kier alpha value is -2.95. The van der Waals surface area contributed by atoms with Crippen LogP contribution in [-0.4, -0.2) is 30.5 Å². The molecule has 0 atom stereocenters. The largest absolute Gasteiger partial charge is 0.496 e. The van der Waals surface area contributed by atoms with Crippen LogP contribution in [0.15, 0.2) is 47.6 Å². The Bertz CT molecular complexity index is 1090. The number of halogens is 1. The summed E-state index contributed by atoms with van der Waals surface area (Å²) in [6.07, 6.45) is 1.70. The zero-order valence-corrected chi connectivity index (χ0v) is 16.2. The van der Waals surface area contributed by atoms with Crippen molar-refractivity contribution in [2.75, 3.05) is 19.1 Å². The lowest BCUT2D eigenvalue weighted by Crippen LogP contribution is -2.44. The maximum Gasteiger partial charge on any atom is 0.149 e. The molecule has 0 unspecified atom stereocenters. The van der Waals surface area contributed by atoms with Gasteiger partial charge in [0.15, 0.2) is 0 Å². The monoisotopic (exact) mass is 363 g/mol. The Morgan fingerprint density at radius 1 is 1.15 bits per heavy atom. The van der Waals surface area contributed by atoms with Crippen molar-refractivity contribution in [1.29, 1.82) is 0 Å². The fourth-order valence-electron chi connectivity index (χ4n) is 3.68. The van der Waals surface area contributed by atoms with E-state index in [0.717, 1.165) is 39.2 Å². The summed E-state index contributed by atoms with van der Waals surface area (Å²) < 4.78 is 19.5. The standard InChI is InChI=1S/C22H22FN3O/c1-13-18(27-5)10-9-16-19(25-22(2,3)26(4)21(13)16)15-11-14-7-6-8-17(23)20(14)24-12-15/h6-12H,1-5H3. The molecular weight excluding hydrogens is 341 g/mol. The minimum absolute atomic E-state index is 0.314. The van der Waals surface area contributed by atoms with Crippen molar-refractivity contribution in [3.8, 4) is 5.75 Å². The van der Waals surface area contributed by atoms with E-state index in [1.54, 1.807) is 19.4 Å². The number of fused-ring (bicyclic) bond motifs is 2. The van der Waals surface area contributed by atoms with Crippen LogP contribution < -0.4 is 9.64 Å². The second kappa shape index (κ2) is 6.05. The molecule has 1 aromatic heterocycles. The van der Waals surface area contributed by atoms with Gasteiger partial charge in [-0.15, -0.1) is 0 Å². The van der Waals surface area contributed by atoms with E-state index in [9.17, 15) is 4.39 Å². The molecule has 5 heteroatoms. The SMILES string of the molecule is COc1ccc2c(c1C)N(C)C(C)(C)N=C2c1cnc2c(F)cccc2c1. The summed E-state index contributed by atoms with van der Waals surface area (Å²) >= 11 is 0. The zero-order chi connectivity index (χ0) is 19.3. The first-order chi connectivity index (χ1) is 12.8. The Kier molecular flexibility index (Phi) is 3.91. The second-order valence-electron chi connectivity index (χ2n) is 7.34. The molecule has 1 aliphatic rings. The van der Waals surface area contributed by atoms with Crippen molar-refractivity contribution in [2.24, 2.45) is 4.99 Å². The fraction of sp³-hybridized carbons (Fsp3) is 0.273. The highest BCUT2D eigenvalue weighted by Gasteiger charge is 2.34. The highest BCUT2D eigenvalue weighted by Crippen LogP contribution is 2.40. The van der Waals surface area contributed by atoms with Crippen molar-refractivity contribution < 1.29 is 9.13 Å². The summed E-state index contributed by atoms with van der Waals surface area (Å²) in [6.45, 7) is 6.20. The molecular formula is C22H22FN3O. The van der Waals surface area contributed by atoms with Crippen LogP contribution in [0.25, 0.3) is 10.9 Å². The van der Waals surface area contributed by atoms with Crippen LogP contribution in [0.4, 0.5) is 10.1 Å². The Balaban J connectivity index is 1.97. The molecule has 0 saturated heterocycles. The van der Waals surface area contributed by atoms with Gasteiger partial charge in [-0.2, -0.15) is 0 Å². The number of aromatic nitrogens is 1. The smallest absolute Gasteiger partial charge is 0.149 e. The molecule has 3 aromatic rings. The number of aliphatic imine (C=N–C) groups is 1. The Morgan fingerprint density at radius 3 is 2.67 bits per heavy atom. The van der Waals surface area contributed by atoms with Gasteiger partial charge in [-0.1, -0.05) is 12.1 Å². The highest BCUT2D eigenvalue weighted by atomic mass is 19.1. The lowest BCUT2D eigenvalue weighted by molar-refractivity contribution is 0.410. The maximum atomic E-state index is 14.0. The summed E-state index contributed by atoms with van der Waals surface area (Å²) in [5, 5.41) is 0.763. The van der Waals surface area contributed by atoms with Crippen molar-refractivity contribution >= 4 is 22.3 Å². The van der Waals surface area contributed by atoms with Gasteiger partial charge in [0.1, 0.15) is 22.7 Å². The highest BCUT2D eigenvalue weighted by molar-refractivity contribution is 6.18. The number of pyridine rings is 1. The molecule has 2 aromatic carbocycles. The van der Waals surface area contributed by atoms with E-state index in [1.807, 2.05) is 31.3 Å². The molecule has 1 aliphatic heterocycles. The van der Waals surface area contributed by atoms with E-state index < -0.39 is 5.66 Å². The molecule has 0 amide bonds. The summed E-state index contributed by atoms with van der Waals surface area (Å²) in [4.78, 5) is 11.5. The van der Waals surface area contributed by atoms with Crippen LogP contribution >= 0.6 is 0 Å². The summed E-state index contributed by atoms with van der Waals surface area (Å²) in [7, 11) is 3.72. The van der Waals surface area contributed by atoms with Crippen LogP contribution in [0.5, 0.6) is 5.75 Å². The van der Waals surface area contributed by atoms with E-state index in [4.69, 9.17) is 9.73 Å². The third kappa shape index (κ3) is 2.65. The topological polar surface area (TPSA) is 37.7 Å². The molecule has 0 radical (unpaired) electrons. The van der Waals surface area contributed by atoms with Gasteiger partial charge in [0.2, 0.25) is 0 Å². The minimum Gasteiger partial charge on any atom is -0.496 e. The molecule has 4 nitrogen and oxygen atoms in total. The molecule has 4 rings (SSSR count). The molecule has 0 aliphatic carbocycles. The third-order valence-electron chi connectivity index (χ3n) is 5.33. The van der Waals surface area contributed by atoms with E-state index >= 15 is 0 Å². The molecule has 0 saturated carbocycles. The number of hydrogen-bond acceptors (Lipinski definition) is 4. The van der Waals surface area contributed by atoms with Crippen LogP contribution in [0, 0.1) is 12.7 Å². The van der Waals surface area contributed by atoms with E-state index in [2.05, 4.69) is 30.7 Å². The average Bonchev–Trinajstić information content (AvgIpc) is 2.64. The number of benzene rings is 2. The summed E-state index contributed by atoms with van der Waals surface area (Å²) in [6, 6.07) is 10.9. The zero-order valence-electron chi connectivity index (χ0n) is 16.2. The van der Waals surface area contributed by atoms with Crippen LogP contribution in [-0.2, 0) is 0 Å². The van der Waals surface area contributed by atoms with Crippen molar-refractivity contribution in [3.63, 3.8) is 0 Å². The number of rotatable bonds is 2. The van der Waals surface area contributed by atoms with E-state index in [0.29, 0.717) is 5.52 Å². The van der Waals surface area contributed by atoms with Crippen LogP contribution in [0.1, 0.15) is 30.5 Å². The summed E-state index contributed by atoms with van der Waals surface area (Å²) in [5.41, 5.74) is 4.85. The number of methoxy groups -OCH3 is 1. The average molecular weight is 363 g/mol. The van der Waals surface area contributed by atoms with Crippen molar-refractivity contribution in [1.82, 2.24) is 4.98 Å². The van der Waals surface area contributed by atoms with Gasteiger partial charge in [0, 0.05) is 35.3 Å². The van der Waals surface area contributed by atoms with Gasteiger partial charge in [-0.3, -0.25) is 9.98 Å². The van der Waals surface area contributed by atoms with Crippen LogP contribution in [0.2, 0.25) is 0 Å². The lowest BCUT2D eigenvalue weighted by Gasteiger charge is -2.41. The Morgan fingerprint density at radius 2 is 1.93 bits per heavy atom. The Labute approximate surface area is 158 Å².